The van der Waals surface area contributed by atoms with Crippen molar-refractivity contribution in [2.24, 2.45) is 0 Å². The van der Waals surface area contributed by atoms with Crippen molar-refractivity contribution >= 4 is 5.69 Å². The van der Waals surface area contributed by atoms with Gasteiger partial charge in [-0.2, -0.15) is 9.37 Å². The van der Waals surface area contributed by atoms with E-state index in [1.54, 1.807) is 0 Å². The third kappa shape index (κ3) is 1.66. The number of hydrogen-bond donors (Lipinski definition) is 0. The number of aromatic nitrogens is 2. The number of nitrogens with zero attached hydrogens (tertiary/aromatic N) is 3. The SMILES string of the molecule is O=[N+]([O-])c1cc(-c2ncon2)ccc1F. The molecule has 0 saturated carbocycles. The summed E-state index contributed by atoms with van der Waals surface area (Å²) in [6.45, 7) is 0. The van der Waals surface area contributed by atoms with E-state index in [0.29, 0.717) is 5.56 Å². The maximum absolute atomic E-state index is 13.0. The maximum Gasteiger partial charge on any atom is 0.305 e. The molecule has 0 fully saturated rings. The highest BCUT2D eigenvalue weighted by Crippen LogP contribution is 2.23. The summed E-state index contributed by atoms with van der Waals surface area (Å²) >= 11 is 0. The molecule has 0 atom stereocenters. The van der Waals surface area contributed by atoms with E-state index < -0.39 is 16.4 Å². The number of halogens is 1. The van der Waals surface area contributed by atoms with Crippen LogP contribution < -0.4 is 0 Å². The Hall–Kier alpha value is -2.31. The van der Waals surface area contributed by atoms with Gasteiger partial charge in [-0.3, -0.25) is 10.1 Å². The summed E-state index contributed by atoms with van der Waals surface area (Å²) in [5.74, 6) is -0.717. The predicted octanol–water partition coefficient (Wildman–Crippen LogP) is 1.78. The number of benzene rings is 1. The van der Waals surface area contributed by atoms with Gasteiger partial charge in [0.15, 0.2) is 0 Å². The second-order valence-electron chi connectivity index (χ2n) is 2.68. The molecule has 76 valence electrons. The van der Waals surface area contributed by atoms with Gasteiger partial charge in [0.25, 0.3) is 0 Å². The van der Waals surface area contributed by atoms with Crippen LogP contribution in [0.2, 0.25) is 0 Å². The summed E-state index contributed by atoms with van der Waals surface area (Å²) < 4.78 is 17.4. The van der Waals surface area contributed by atoms with Crippen LogP contribution in [0.5, 0.6) is 0 Å². The largest absolute Gasteiger partial charge is 0.342 e. The highest BCUT2D eigenvalue weighted by molar-refractivity contribution is 5.58. The molecule has 0 spiro atoms. The van der Waals surface area contributed by atoms with Crippen molar-refractivity contribution in [3.8, 4) is 11.4 Å². The first kappa shape index (κ1) is 9.25. The monoisotopic (exact) mass is 209 g/mol. The molecule has 0 bridgehead atoms. The smallest absolute Gasteiger partial charge is 0.305 e. The molecule has 2 aromatic rings. The van der Waals surface area contributed by atoms with E-state index in [-0.39, 0.29) is 5.82 Å². The van der Waals surface area contributed by atoms with E-state index in [0.717, 1.165) is 18.5 Å². The van der Waals surface area contributed by atoms with Crippen LogP contribution in [-0.4, -0.2) is 15.1 Å². The van der Waals surface area contributed by atoms with Crippen molar-refractivity contribution in [2.75, 3.05) is 0 Å². The highest BCUT2D eigenvalue weighted by Gasteiger charge is 2.16. The van der Waals surface area contributed by atoms with Crippen molar-refractivity contribution in [1.29, 1.82) is 0 Å². The number of hydrogen-bond acceptors (Lipinski definition) is 5. The zero-order valence-corrected chi connectivity index (χ0v) is 7.25. The fourth-order valence-electron chi connectivity index (χ4n) is 1.09. The molecule has 0 amide bonds. The quantitative estimate of drug-likeness (QED) is 0.556. The van der Waals surface area contributed by atoms with Crippen molar-refractivity contribution in [3.63, 3.8) is 0 Å². The first-order valence-electron chi connectivity index (χ1n) is 3.89. The molecule has 15 heavy (non-hydrogen) atoms. The Morgan fingerprint density at radius 3 is 2.87 bits per heavy atom. The lowest BCUT2D eigenvalue weighted by atomic mass is 10.2. The molecular weight excluding hydrogens is 205 g/mol. The van der Waals surface area contributed by atoms with E-state index in [1.807, 2.05) is 0 Å². The van der Waals surface area contributed by atoms with E-state index in [1.165, 1.54) is 6.07 Å². The van der Waals surface area contributed by atoms with Gasteiger partial charge in [0, 0.05) is 11.6 Å². The van der Waals surface area contributed by atoms with Gasteiger partial charge >= 0.3 is 5.69 Å². The summed E-state index contributed by atoms with van der Waals surface area (Å²) in [7, 11) is 0. The van der Waals surface area contributed by atoms with E-state index in [2.05, 4.69) is 14.7 Å². The van der Waals surface area contributed by atoms with Gasteiger partial charge in [-0.25, -0.2) is 0 Å². The van der Waals surface area contributed by atoms with Crippen molar-refractivity contribution in [2.45, 2.75) is 0 Å². The van der Waals surface area contributed by atoms with Crippen molar-refractivity contribution < 1.29 is 13.8 Å². The zero-order valence-electron chi connectivity index (χ0n) is 7.25. The number of rotatable bonds is 2. The number of nitro benzene ring substituents is 1. The summed E-state index contributed by atoms with van der Waals surface area (Å²) in [5.41, 5.74) is -0.283. The van der Waals surface area contributed by atoms with Crippen LogP contribution in [0.3, 0.4) is 0 Å². The molecule has 0 aliphatic heterocycles. The minimum absolute atomic E-state index is 0.179. The molecule has 1 heterocycles. The minimum atomic E-state index is -0.896. The lowest BCUT2D eigenvalue weighted by molar-refractivity contribution is -0.387. The second-order valence-corrected chi connectivity index (χ2v) is 2.68. The lowest BCUT2D eigenvalue weighted by Crippen LogP contribution is -1.93. The Balaban J connectivity index is 2.52. The molecule has 0 aliphatic carbocycles. The van der Waals surface area contributed by atoms with Gasteiger partial charge in [-0.15, -0.1) is 0 Å². The van der Waals surface area contributed by atoms with Crippen molar-refractivity contribution in [1.82, 2.24) is 10.1 Å². The summed E-state index contributed by atoms with van der Waals surface area (Å²) in [5, 5.41) is 13.9. The normalized spacial score (nSPS) is 10.2. The Morgan fingerprint density at radius 2 is 2.27 bits per heavy atom. The van der Waals surface area contributed by atoms with Crippen LogP contribution >= 0.6 is 0 Å². The molecular formula is C8H4FN3O3. The minimum Gasteiger partial charge on any atom is -0.342 e. The average molecular weight is 209 g/mol. The standard InChI is InChI=1S/C8H4FN3O3/c9-6-2-1-5(3-7(6)12(13)14)8-10-4-15-11-8/h1-4H. The summed E-state index contributed by atoms with van der Waals surface area (Å²) in [4.78, 5) is 13.3. The van der Waals surface area contributed by atoms with Crippen LogP contribution in [0.4, 0.5) is 10.1 Å². The topological polar surface area (TPSA) is 82.1 Å². The van der Waals surface area contributed by atoms with Crippen LogP contribution in [0.25, 0.3) is 11.4 Å². The average Bonchev–Trinajstić information content (AvgIpc) is 2.71. The summed E-state index contributed by atoms with van der Waals surface area (Å²) in [6.07, 6.45) is 1.09. The zero-order chi connectivity index (χ0) is 10.8. The Bertz CT molecular complexity index is 498. The van der Waals surface area contributed by atoms with Crippen LogP contribution in [-0.2, 0) is 0 Å². The molecule has 0 N–H and O–H groups in total. The van der Waals surface area contributed by atoms with Crippen LogP contribution in [0.1, 0.15) is 0 Å². The van der Waals surface area contributed by atoms with Gasteiger partial charge < -0.3 is 4.52 Å². The van der Waals surface area contributed by atoms with Gasteiger partial charge in [0.2, 0.25) is 18.0 Å². The van der Waals surface area contributed by atoms with Gasteiger partial charge in [0.05, 0.1) is 4.92 Å². The third-order valence-corrected chi connectivity index (χ3v) is 1.76. The first-order valence-corrected chi connectivity index (χ1v) is 3.89. The third-order valence-electron chi connectivity index (χ3n) is 1.76. The molecule has 7 heteroatoms. The van der Waals surface area contributed by atoms with Crippen LogP contribution in [0.15, 0.2) is 29.1 Å². The van der Waals surface area contributed by atoms with Crippen molar-refractivity contribution in [3.05, 3.63) is 40.5 Å². The van der Waals surface area contributed by atoms with E-state index >= 15 is 0 Å². The van der Waals surface area contributed by atoms with Crippen LogP contribution in [0, 0.1) is 15.9 Å². The second kappa shape index (κ2) is 3.45. The maximum atomic E-state index is 13.0. The molecule has 0 aliphatic rings. The van der Waals surface area contributed by atoms with Gasteiger partial charge in [-0.05, 0) is 12.1 Å². The van der Waals surface area contributed by atoms with E-state index in [9.17, 15) is 14.5 Å². The molecule has 1 aromatic carbocycles. The molecule has 0 radical (unpaired) electrons. The Labute approximate surface area is 82.5 Å². The van der Waals surface area contributed by atoms with Gasteiger partial charge in [-0.1, -0.05) is 5.16 Å². The fraction of sp³-hybridized carbons (Fsp3) is 0. The first-order chi connectivity index (χ1) is 7.18. The Kier molecular flexibility index (Phi) is 2.13. The van der Waals surface area contributed by atoms with Gasteiger partial charge in [0.1, 0.15) is 0 Å². The molecule has 2 rings (SSSR count). The molecule has 0 unspecified atom stereocenters. The number of nitro groups is 1. The summed E-state index contributed by atoms with van der Waals surface area (Å²) in [6, 6.07) is 3.39. The predicted molar refractivity (Wildman–Crippen MR) is 46.3 cm³/mol. The molecule has 6 nitrogen and oxygen atoms in total. The Morgan fingerprint density at radius 1 is 1.47 bits per heavy atom. The van der Waals surface area contributed by atoms with E-state index in [4.69, 9.17) is 0 Å². The molecule has 0 saturated heterocycles. The highest BCUT2D eigenvalue weighted by atomic mass is 19.1. The fourth-order valence-corrected chi connectivity index (χ4v) is 1.09. The molecule has 1 aromatic heterocycles. The lowest BCUT2D eigenvalue weighted by Gasteiger charge is -1.96.